The zero-order valence-electron chi connectivity index (χ0n) is 14.7. The van der Waals surface area contributed by atoms with Crippen molar-refractivity contribution < 1.29 is 27.4 Å². The van der Waals surface area contributed by atoms with Crippen molar-refractivity contribution in [2.45, 2.75) is 26.3 Å². The molecule has 6 nitrogen and oxygen atoms in total. The van der Waals surface area contributed by atoms with Gasteiger partial charge in [-0.3, -0.25) is 9.20 Å². The number of aryl methyl sites for hydroxylation is 1. The van der Waals surface area contributed by atoms with Crippen LogP contribution in [0, 0.1) is 6.92 Å². The van der Waals surface area contributed by atoms with Crippen LogP contribution >= 0.6 is 11.3 Å². The van der Waals surface area contributed by atoms with Crippen LogP contribution in [0.25, 0.3) is 4.96 Å². The van der Waals surface area contributed by atoms with Crippen molar-refractivity contribution in [3.63, 3.8) is 0 Å². The highest BCUT2D eigenvalue weighted by Crippen LogP contribution is 2.16. The summed E-state index contributed by atoms with van der Waals surface area (Å²) >= 11 is 1.31. The quantitative estimate of drug-likeness (QED) is 0.580. The standard InChI is InChI=1S/C18H15F3N2O4S/c1-11-9-28-17-22-14(6-15(24)23(11)17)8-27-16(25)13-4-2-12(3-5-13)7-26-10-18(19,20)21/h2-6,9H,7-8,10H2,1H3. The van der Waals surface area contributed by atoms with E-state index >= 15 is 0 Å². The molecule has 0 saturated carbocycles. The molecule has 0 saturated heterocycles. The zero-order chi connectivity index (χ0) is 20.3. The number of aromatic nitrogens is 2. The molecule has 0 aliphatic carbocycles. The average Bonchev–Trinajstić information content (AvgIpc) is 3.00. The van der Waals surface area contributed by atoms with Crippen LogP contribution in [0.15, 0.2) is 40.5 Å². The highest BCUT2D eigenvalue weighted by Gasteiger charge is 2.27. The minimum Gasteiger partial charge on any atom is -0.456 e. The van der Waals surface area contributed by atoms with Gasteiger partial charge in [0.05, 0.1) is 17.9 Å². The second-order valence-corrected chi connectivity index (χ2v) is 6.80. The van der Waals surface area contributed by atoms with Crippen LogP contribution in [0.2, 0.25) is 0 Å². The summed E-state index contributed by atoms with van der Waals surface area (Å²) < 4.78 is 47.4. The Bertz CT molecular complexity index is 1040. The van der Waals surface area contributed by atoms with Crippen molar-refractivity contribution in [2.75, 3.05) is 6.61 Å². The monoisotopic (exact) mass is 412 g/mol. The number of hydrogen-bond donors (Lipinski definition) is 0. The van der Waals surface area contributed by atoms with Crippen LogP contribution in [0.5, 0.6) is 0 Å². The lowest BCUT2D eigenvalue weighted by Gasteiger charge is -2.08. The lowest BCUT2D eigenvalue weighted by molar-refractivity contribution is -0.176. The predicted octanol–water partition coefficient (Wildman–Crippen LogP) is 3.50. The first kappa shape index (κ1) is 20.0. The normalized spacial score (nSPS) is 11.7. The first-order valence-electron chi connectivity index (χ1n) is 8.10. The van der Waals surface area contributed by atoms with E-state index in [0.717, 1.165) is 5.69 Å². The molecular weight excluding hydrogens is 397 g/mol. The minimum atomic E-state index is -4.38. The van der Waals surface area contributed by atoms with Crippen LogP contribution < -0.4 is 5.56 Å². The molecule has 0 bridgehead atoms. The van der Waals surface area contributed by atoms with Gasteiger partial charge in [-0.1, -0.05) is 12.1 Å². The molecule has 1 aromatic carbocycles. The molecule has 0 spiro atoms. The number of alkyl halides is 3. The zero-order valence-corrected chi connectivity index (χ0v) is 15.5. The molecule has 0 fully saturated rings. The van der Waals surface area contributed by atoms with E-state index in [1.807, 2.05) is 0 Å². The van der Waals surface area contributed by atoms with Crippen LogP contribution in [0.3, 0.4) is 0 Å². The Morgan fingerprint density at radius 1 is 1.21 bits per heavy atom. The molecule has 3 rings (SSSR count). The molecule has 2 heterocycles. The van der Waals surface area contributed by atoms with Crippen LogP contribution in [-0.4, -0.2) is 28.1 Å². The third kappa shape index (κ3) is 4.96. The minimum absolute atomic E-state index is 0.169. The molecule has 0 aliphatic rings. The SMILES string of the molecule is Cc1csc2nc(COC(=O)c3ccc(COCC(F)(F)F)cc3)cc(=O)n12. The van der Waals surface area contributed by atoms with Gasteiger partial charge in [0.25, 0.3) is 5.56 Å². The molecule has 2 aromatic heterocycles. The molecule has 28 heavy (non-hydrogen) atoms. The van der Waals surface area contributed by atoms with Gasteiger partial charge in [-0.2, -0.15) is 13.2 Å². The van der Waals surface area contributed by atoms with Gasteiger partial charge in [0.2, 0.25) is 0 Å². The number of halogens is 3. The van der Waals surface area contributed by atoms with Gasteiger partial charge in [-0.25, -0.2) is 9.78 Å². The topological polar surface area (TPSA) is 69.9 Å². The largest absolute Gasteiger partial charge is 0.456 e. The molecule has 3 aromatic rings. The third-order valence-electron chi connectivity index (χ3n) is 3.70. The van der Waals surface area contributed by atoms with E-state index in [4.69, 9.17) is 4.74 Å². The van der Waals surface area contributed by atoms with Crippen LogP contribution in [0.4, 0.5) is 13.2 Å². The Morgan fingerprint density at radius 2 is 1.93 bits per heavy atom. The van der Waals surface area contributed by atoms with Gasteiger partial charge in [0.1, 0.15) is 13.2 Å². The highest BCUT2D eigenvalue weighted by molar-refractivity contribution is 7.15. The lowest BCUT2D eigenvalue weighted by Crippen LogP contribution is -2.17. The Kier molecular flexibility index (Phi) is 5.80. The van der Waals surface area contributed by atoms with Gasteiger partial charge >= 0.3 is 12.1 Å². The summed E-state index contributed by atoms with van der Waals surface area (Å²) in [6.45, 7) is 0.0723. The van der Waals surface area contributed by atoms with Crippen molar-refractivity contribution in [3.8, 4) is 0 Å². The number of carbonyl (C=O) groups excluding carboxylic acids is 1. The number of thiazole rings is 1. The van der Waals surface area contributed by atoms with E-state index in [2.05, 4.69) is 9.72 Å². The fourth-order valence-corrected chi connectivity index (χ4v) is 3.31. The Hall–Kier alpha value is -2.72. The fourth-order valence-electron chi connectivity index (χ4n) is 2.42. The van der Waals surface area contributed by atoms with Crippen LogP contribution in [0.1, 0.15) is 27.3 Å². The van der Waals surface area contributed by atoms with Crippen molar-refractivity contribution in [1.82, 2.24) is 9.38 Å². The summed E-state index contributed by atoms with van der Waals surface area (Å²) in [5.74, 6) is -0.632. The molecular formula is C18H15F3N2O4S. The number of rotatable bonds is 6. The maximum atomic E-state index is 12.1. The van der Waals surface area contributed by atoms with E-state index in [1.54, 1.807) is 12.3 Å². The molecule has 0 amide bonds. The van der Waals surface area contributed by atoms with E-state index < -0.39 is 18.8 Å². The predicted molar refractivity (Wildman–Crippen MR) is 95.3 cm³/mol. The summed E-state index contributed by atoms with van der Waals surface area (Å²) in [4.78, 5) is 29.0. The molecule has 148 valence electrons. The second-order valence-electron chi connectivity index (χ2n) is 5.96. The van der Waals surface area contributed by atoms with Crippen molar-refractivity contribution in [1.29, 1.82) is 0 Å². The van der Waals surface area contributed by atoms with Gasteiger partial charge in [0, 0.05) is 17.1 Å². The molecule has 10 heteroatoms. The van der Waals surface area contributed by atoms with Crippen LogP contribution in [-0.2, 0) is 22.7 Å². The van der Waals surface area contributed by atoms with Crippen molar-refractivity contribution >= 4 is 22.3 Å². The van der Waals surface area contributed by atoms with Gasteiger partial charge in [-0.05, 0) is 24.6 Å². The summed E-state index contributed by atoms with van der Waals surface area (Å²) in [7, 11) is 0. The fraction of sp³-hybridized carbons (Fsp3) is 0.278. The average molecular weight is 412 g/mol. The number of nitrogens with zero attached hydrogens (tertiary/aromatic N) is 2. The number of esters is 1. The molecule has 0 unspecified atom stereocenters. The Morgan fingerprint density at radius 3 is 2.61 bits per heavy atom. The summed E-state index contributed by atoms with van der Waals surface area (Å²) in [5.41, 5.74) is 1.58. The number of ether oxygens (including phenoxy) is 2. The molecule has 0 N–H and O–H groups in total. The Labute approximate surface area is 161 Å². The lowest BCUT2D eigenvalue weighted by atomic mass is 10.1. The number of hydrogen-bond acceptors (Lipinski definition) is 6. The first-order chi connectivity index (χ1) is 13.2. The van der Waals surface area contributed by atoms with Gasteiger partial charge in [-0.15, -0.1) is 11.3 Å². The third-order valence-corrected chi connectivity index (χ3v) is 4.65. The summed E-state index contributed by atoms with van der Waals surface area (Å²) in [6, 6.07) is 7.14. The summed E-state index contributed by atoms with van der Waals surface area (Å²) in [5, 5.41) is 1.81. The maximum absolute atomic E-state index is 12.1. The van der Waals surface area contributed by atoms with E-state index in [-0.39, 0.29) is 24.3 Å². The smallest absolute Gasteiger partial charge is 0.411 e. The number of benzene rings is 1. The van der Waals surface area contributed by atoms with Crippen molar-refractivity contribution in [3.05, 3.63) is 68.6 Å². The van der Waals surface area contributed by atoms with E-state index in [0.29, 0.717) is 16.2 Å². The molecule has 0 atom stereocenters. The maximum Gasteiger partial charge on any atom is 0.411 e. The van der Waals surface area contributed by atoms with E-state index in [9.17, 15) is 22.8 Å². The summed E-state index contributed by atoms with van der Waals surface area (Å²) in [6.07, 6.45) is -4.38. The molecule has 0 aliphatic heterocycles. The number of carbonyl (C=O) groups is 1. The van der Waals surface area contributed by atoms with Crippen molar-refractivity contribution in [2.24, 2.45) is 0 Å². The number of fused-ring (bicyclic) bond motifs is 1. The second kappa shape index (κ2) is 8.11. The molecule has 0 radical (unpaired) electrons. The Balaban J connectivity index is 1.58. The van der Waals surface area contributed by atoms with Gasteiger partial charge in [0.15, 0.2) is 4.96 Å². The first-order valence-corrected chi connectivity index (χ1v) is 8.98. The van der Waals surface area contributed by atoms with E-state index in [1.165, 1.54) is 46.1 Å². The highest BCUT2D eigenvalue weighted by atomic mass is 32.1. The van der Waals surface area contributed by atoms with Gasteiger partial charge < -0.3 is 9.47 Å².